The van der Waals surface area contributed by atoms with E-state index in [1.54, 1.807) is 6.07 Å². The highest BCUT2D eigenvalue weighted by atomic mass is 16.2. The third kappa shape index (κ3) is 2.50. The van der Waals surface area contributed by atoms with Crippen LogP contribution >= 0.6 is 0 Å². The fourth-order valence-corrected chi connectivity index (χ4v) is 3.35. The number of hydrogen-bond donors (Lipinski definition) is 1. The lowest BCUT2D eigenvalue weighted by atomic mass is 10.1. The highest BCUT2D eigenvalue weighted by molar-refractivity contribution is 5.94. The van der Waals surface area contributed by atoms with E-state index in [2.05, 4.69) is 6.92 Å². The third-order valence-corrected chi connectivity index (χ3v) is 4.38. The predicted molar refractivity (Wildman–Crippen MR) is 79.8 cm³/mol. The smallest absolute Gasteiger partial charge is 0.270 e. The molecule has 1 aromatic heterocycles. The fourth-order valence-electron chi connectivity index (χ4n) is 3.35. The third-order valence-electron chi connectivity index (χ3n) is 4.38. The molecule has 1 unspecified atom stereocenters. The van der Waals surface area contributed by atoms with Crippen LogP contribution in [0.4, 0.5) is 5.69 Å². The van der Waals surface area contributed by atoms with Gasteiger partial charge in [0, 0.05) is 44.8 Å². The Labute approximate surface area is 124 Å². The Morgan fingerprint density at radius 1 is 1.43 bits per heavy atom. The van der Waals surface area contributed by atoms with Gasteiger partial charge in [-0.1, -0.05) is 6.92 Å². The SMILES string of the molecule is CCCn1cc(N)cc1C(=O)N1CCN2C(=O)CCC2C1. The largest absolute Gasteiger partial charge is 0.397 e. The molecular weight excluding hydrogens is 268 g/mol. The minimum absolute atomic E-state index is 0.0270. The molecule has 3 heterocycles. The second kappa shape index (κ2) is 5.42. The van der Waals surface area contributed by atoms with Crippen LogP contribution < -0.4 is 5.73 Å². The summed E-state index contributed by atoms with van der Waals surface area (Å²) in [6, 6.07) is 1.95. The van der Waals surface area contributed by atoms with E-state index in [0.717, 1.165) is 19.4 Å². The predicted octanol–water partition coefficient (Wildman–Crippen LogP) is 0.927. The van der Waals surface area contributed by atoms with Crippen molar-refractivity contribution in [3.8, 4) is 0 Å². The van der Waals surface area contributed by atoms with Crippen molar-refractivity contribution in [1.82, 2.24) is 14.4 Å². The first-order valence-electron chi connectivity index (χ1n) is 7.64. The van der Waals surface area contributed by atoms with Gasteiger partial charge in [0.2, 0.25) is 5.91 Å². The van der Waals surface area contributed by atoms with E-state index >= 15 is 0 Å². The minimum Gasteiger partial charge on any atom is -0.397 e. The molecule has 114 valence electrons. The van der Waals surface area contributed by atoms with Crippen molar-refractivity contribution in [3.05, 3.63) is 18.0 Å². The van der Waals surface area contributed by atoms with Crippen LogP contribution in [0.25, 0.3) is 0 Å². The standard InChI is InChI=1S/C15H22N4O2/c1-2-5-17-9-11(16)8-13(17)15(21)18-6-7-19-12(10-18)3-4-14(19)20/h8-9,12H,2-7,10,16H2,1H3. The number of anilines is 1. The summed E-state index contributed by atoms with van der Waals surface area (Å²) in [6.07, 6.45) is 4.26. The molecule has 6 nitrogen and oxygen atoms in total. The molecule has 0 aliphatic carbocycles. The number of piperazine rings is 1. The van der Waals surface area contributed by atoms with E-state index in [0.29, 0.717) is 37.4 Å². The van der Waals surface area contributed by atoms with Gasteiger partial charge in [-0.15, -0.1) is 0 Å². The van der Waals surface area contributed by atoms with Crippen LogP contribution in [-0.2, 0) is 11.3 Å². The molecule has 0 saturated carbocycles. The maximum atomic E-state index is 12.7. The lowest BCUT2D eigenvalue weighted by Gasteiger charge is -2.37. The average Bonchev–Trinajstić information content (AvgIpc) is 3.02. The van der Waals surface area contributed by atoms with Crippen molar-refractivity contribution >= 4 is 17.5 Å². The number of rotatable bonds is 3. The van der Waals surface area contributed by atoms with Crippen molar-refractivity contribution in [2.24, 2.45) is 0 Å². The number of carbonyl (C=O) groups excluding carboxylic acids is 2. The van der Waals surface area contributed by atoms with Gasteiger partial charge in [0.05, 0.1) is 5.69 Å². The fraction of sp³-hybridized carbons (Fsp3) is 0.600. The van der Waals surface area contributed by atoms with E-state index in [4.69, 9.17) is 5.73 Å². The molecule has 0 bridgehead atoms. The average molecular weight is 290 g/mol. The molecule has 2 aliphatic rings. The summed E-state index contributed by atoms with van der Waals surface area (Å²) in [6.45, 7) is 4.77. The van der Waals surface area contributed by atoms with Crippen LogP contribution in [0.15, 0.2) is 12.3 Å². The van der Waals surface area contributed by atoms with Gasteiger partial charge in [0.25, 0.3) is 5.91 Å². The Morgan fingerprint density at radius 3 is 3.00 bits per heavy atom. The molecule has 2 saturated heterocycles. The molecule has 2 N–H and O–H groups in total. The van der Waals surface area contributed by atoms with Crippen molar-refractivity contribution in [2.45, 2.75) is 38.8 Å². The summed E-state index contributed by atoms with van der Waals surface area (Å²) in [5.41, 5.74) is 7.12. The van der Waals surface area contributed by atoms with Crippen molar-refractivity contribution in [2.75, 3.05) is 25.4 Å². The molecule has 1 aromatic rings. The van der Waals surface area contributed by atoms with Crippen LogP contribution in [-0.4, -0.2) is 51.9 Å². The molecule has 3 rings (SSSR count). The first-order chi connectivity index (χ1) is 10.1. The number of nitrogens with zero attached hydrogens (tertiary/aromatic N) is 3. The second-order valence-electron chi connectivity index (χ2n) is 5.88. The zero-order valence-corrected chi connectivity index (χ0v) is 12.4. The Kier molecular flexibility index (Phi) is 3.61. The molecule has 0 radical (unpaired) electrons. The lowest BCUT2D eigenvalue weighted by molar-refractivity contribution is -0.130. The summed E-state index contributed by atoms with van der Waals surface area (Å²) in [7, 11) is 0. The van der Waals surface area contributed by atoms with Crippen molar-refractivity contribution in [1.29, 1.82) is 0 Å². The number of fused-ring (bicyclic) bond motifs is 1. The van der Waals surface area contributed by atoms with Crippen LogP contribution in [0.2, 0.25) is 0 Å². The first-order valence-corrected chi connectivity index (χ1v) is 7.64. The van der Waals surface area contributed by atoms with Gasteiger partial charge in [0.1, 0.15) is 5.69 Å². The number of carbonyl (C=O) groups is 2. The van der Waals surface area contributed by atoms with Gasteiger partial charge in [-0.2, -0.15) is 0 Å². The second-order valence-corrected chi connectivity index (χ2v) is 5.88. The van der Waals surface area contributed by atoms with E-state index in [-0.39, 0.29) is 17.9 Å². The van der Waals surface area contributed by atoms with Gasteiger partial charge in [0.15, 0.2) is 0 Å². The molecule has 2 fully saturated rings. The number of amides is 2. The molecule has 2 aliphatic heterocycles. The van der Waals surface area contributed by atoms with E-state index < -0.39 is 0 Å². The first kappa shape index (κ1) is 14.0. The zero-order valence-electron chi connectivity index (χ0n) is 12.4. The van der Waals surface area contributed by atoms with Gasteiger partial charge < -0.3 is 20.1 Å². The van der Waals surface area contributed by atoms with E-state index in [1.165, 1.54) is 0 Å². The van der Waals surface area contributed by atoms with E-state index in [9.17, 15) is 9.59 Å². The molecule has 2 amide bonds. The van der Waals surface area contributed by atoms with Gasteiger partial charge in [-0.25, -0.2) is 0 Å². The highest BCUT2D eigenvalue weighted by Crippen LogP contribution is 2.24. The van der Waals surface area contributed by atoms with Gasteiger partial charge in [-0.05, 0) is 18.9 Å². The Balaban J connectivity index is 1.75. The van der Waals surface area contributed by atoms with Crippen molar-refractivity contribution in [3.63, 3.8) is 0 Å². The van der Waals surface area contributed by atoms with Crippen LogP contribution in [0.5, 0.6) is 0 Å². The number of nitrogens with two attached hydrogens (primary N) is 1. The molecule has 0 spiro atoms. The van der Waals surface area contributed by atoms with Crippen LogP contribution in [0.3, 0.4) is 0 Å². The maximum Gasteiger partial charge on any atom is 0.270 e. The van der Waals surface area contributed by atoms with Crippen LogP contribution in [0.1, 0.15) is 36.7 Å². The summed E-state index contributed by atoms with van der Waals surface area (Å²) < 4.78 is 1.93. The monoisotopic (exact) mass is 290 g/mol. The Bertz CT molecular complexity index is 566. The number of aromatic nitrogens is 1. The summed E-state index contributed by atoms with van der Waals surface area (Å²) in [5, 5.41) is 0. The highest BCUT2D eigenvalue weighted by Gasteiger charge is 2.37. The number of nitrogen functional groups attached to an aromatic ring is 1. The molecular formula is C15H22N4O2. The normalized spacial score (nSPS) is 21.8. The lowest BCUT2D eigenvalue weighted by Crippen LogP contribution is -2.53. The van der Waals surface area contributed by atoms with E-state index in [1.807, 2.05) is 20.6 Å². The zero-order chi connectivity index (χ0) is 15.0. The quantitative estimate of drug-likeness (QED) is 0.900. The van der Waals surface area contributed by atoms with Crippen LogP contribution in [0, 0.1) is 0 Å². The molecule has 1 atom stereocenters. The molecule has 0 aromatic carbocycles. The summed E-state index contributed by atoms with van der Waals surface area (Å²) >= 11 is 0. The Hall–Kier alpha value is -1.98. The summed E-state index contributed by atoms with van der Waals surface area (Å²) in [4.78, 5) is 28.2. The maximum absolute atomic E-state index is 12.7. The van der Waals surface area contributed by atoms with Crippen molar-refractivity contribution < 1.29 is 9.59 Å². The molecule has 21 heavy (non-hydrogen) atoms. The Morgan fingerprint density at radius 2 is 2.24 bits per heavy atom. The summed E-state index contributed by atoms with van der Waals surface area (Å²) in [5.74, 6) is 0.254. The topological polar surface area (TPSA) is 71.6 Å². The van der Waals surface area contributed by atoms with Gasteiger partial charge in [-0.3, -0.25) is 9.59 Å². The molecule has 6 heteroatoms. The van der Waals surface area contributed by atoms with Gasteiger partial charge >= 0.3 is 0 Å². The number of aryl methyl sites for hydroxylation is 1. The number of hydrogen-bond acceptors (Lipinski definition) is 3. The minimum atomic E-state index is 0.0270.